The molecule has 0 saturated carbocycles. The summed E-state index contributed by atoms with van der Waals surface area (Å²) in [6.45, 7) is 8.87. The maximum Gasteiger partial charge on any atom is 0.0120 e. The SMILES string of the molecule is CC(CN1CCC(N2CCCCC2)CC1)c1ccccc1. The molecule has 1 unspecified atom stereocenters. The van der Waals surface area contributed by atoms with Gasteiger partial charge in [-0.25, -0.2) is 0 Å². The maximum absolute atomic E-state index is 2.77. The molecular weight excluding hydrogens is 256 g/mol. The van der Waals surface area contributed by atoms with E-state index in [1.165, 1.54) is 70.4 Å². The van der Waals surface area contributed by atoms with E-state index in [1.807, 2.05) is 0 Å². The van der Waals surface area contributed by atoms with E-state index in [9.17, 15) is 0 Å². The van der Waals surface area contributed by atoms with E-state index in [-0.39, 0.29) is 0 Å². The van der Waals surface area contributed by atoms with Crippen LogP contribution in [0.15, 0.2) is 30.3 Å². The van der Waals surface area contributed by atoms with Crippen molar-refractivity contribution in [2.75, 3.05) is 32.7 Å². The number of hydrogen-bond acceptors (Lipinski definition) is 2. The van der Waals surface area contributed by atoms with Crippen molar-refractivity contribution in [3.63, 3.8) is 0 Å². The Morgan fingerprint density at radius 3 is 2.29 bits per heavy atom. The first kappa shape index (κ1) is 15.1. The van der Waals surface area contributed by atoms with Gasteiger partial charge in [0.05, 0.1) is 0 Å². The van der Waals surface area contributed by atoms with Gasteiger partial charge in [-0.1, -0.05) is 43.7 Å². The quantitative estimate of drug-likeness (QED) is 0.832. The molecule has 1 atom stereocenters. The van der Waals surface area contributed by atoms with Crippen LogP contribution in [-0.2, 0) is 0 Å². The molecule has 1 aromatic rings. The fourth-order valence-electron chi connectivity index (χ4n) is 4.02. The molecule has 0 N–H and O–H groups in total. The molecule has 3 rings (SSSR count). The van der Waals surface area contributed by atoms with Crippen LogP contribution in [0, 0.1) is 0 Å². The van der Waals surface area contributed by atoms with Crippen LogP contribution in [0.2, 0.25) is 0 Å². The molecule has 116 valence electrons. The van der Waals surface area contributed by atoms with Crippen LogP contribution in [0.3, 0.4) is 0 Å². The largest absolute Gasteiger partial charge is 0.303 e. The molecule has 21 heavy (non-hydrogen) atoms. The maximum atomic E-state index is 2.77. The normalized spacial score (nSPS) is 24.0. The Morgan fingerprint density at radius 1 is 0.952 bits per heavy atom. The molecule has 0 aromatic heterocycles. The van der Waals surface area contributed by atoms with Crippen LogP contribution < -0.4 is 0 Å². The van der Waals surface area contributed by atoms with Crippen molar-refractivity contribution in [1.82, 2.24) is 9.80 Å². The van der Waals surface area contributed by atoms with Crippen LogP contribution >= 0.6 is 0 Å². The van der Waals surface area contributed by atoms with Gasteiger partial charge >= 0.3 is 0 Å². The molecule has 2 nitrogen and oxygen atoms in total. The second-order valence-corrected chi connectivity index (χ2v) is 6.94. The van der Waals surface area contributed by atoms with E-state index in [2.05, 4.69) is 47.1 Å². The monoisotopic (exact) mass is 286 g/mol. The predicted molar refractivity (Wildman–Crippen MR) is 89.7 cm³/mol. The summed E-state index contributed by atoms with van der Waals surface area (Å²) in [7, 11) is 0. The third-order valence-electron chi connectivity index (χ3n) is 5.36. The van der Waals surface area contributed by atoms with Gasteiger partial charge in [-0.3, -0.25) is 0 Å². The van der Waals surface area contributed by atoms with E-state index < -0.39 is 0 Å². The van der Waals surface area contributed by atoms with Crippen molar-refractivity contribution < 1.29 is 0 Å². The Hall–Kier alpha value is -0.860. The second kappa shape index (κ2) is 7.42. The molecular formula is C19H30N2. The molecule has 0 amide bonds. The molecule has 2 saturated heterocycles. The van der Waals surface area contributed by atoms with Gasteiger partial charge in [0.25, 0.3) is 0 Å². The highest BCUT2D eigenvalue weighted by atomic mass is 15.2. The van der Waals surface area contributed by atoms with Crippen molar-refractivity contribution in [3.8, 4) is 0 Å². The third-order valence-corrected chi connectivity index (χ3v) is 5.36. The highest BCUT2D eigenvalue weighted by molar-refractivity contribution is 5.19. The molecule has 2 aliphatic heterocycles. The molecule has 2 aliphatic rings. The minimum atomic E-state index is 0.651. The summed E-state index contributed by atoms with van der Waals surface area (Å²) in [5.41, 5.74) is 1.48. The molecule has 1 aromatic carbocycles. The van der Waals surface area contributed by atoms with E-state index in [1.54, 1.807) is 0 Å². The van der Waals surface area contributed by atoms with Gasteiger partial charge in [0.2, 0.25) is 0 Å². The number of benzene rings is 1. The average molecular weight is 286 g/mol. The number of piperidine rings is 2. The molecule has 0 bridgehead atoms. The summed E-state index contributed by atoms with van der Waals surface area (Å²) < 4.78 is 0. The lowest BCUT2D eigenvalue weighted by molar-refractivity contribution is 0.0905. The summed E-state index contributed by atoms with van der Waals surface area (Å²) in [5, 5.41) is 0. The predicted octanol–water partition coefficient (Wildman–Crippen LogP) is 3.74. The lowest BCUT2D eigenvalue weighted by atomic mass is 9.97. The summed E-state index contributed by atoms with van der Waals surface area (Å²) >= 11 is 0. The first-order valence-electron chi connectivity index (χ1n) is 8.84. The second-order valence-electron chi connectivity index (χ2n) is 6.94. The molecule has 0 aliphatic carbocycles. The lowest BCUT2D eigenvalue weighted by Crippen LogP contribution is -2.47. The van der Waals surface area contributed by atoms with Crippen molar-refractivity contribution in [2.24, 2.45) is 0 Å². The van der Waals surface area contributed by atoms with Crippen LogP contribution in [0.1, 0.15) is 50.5 Å². The molecule has 2 fully saturated rings. The zero-order valence-corrected chi connectivity index (χ0v) is 13.5. The molecule has 0 spiro atoms. The Labute approximate surface area is 130 Å². The van der Waals surface area contributed by atoms with Crippen LogP contribution in [-0.4, -0.2) is 48.6 Å². The summed E-state index contributed by atoms with van der Waals surface area (Å²) in [5.74, 6) is 0.651. The van der Waals surface area contributed by atoms with Crippen molar-refractivity contribution in [3.05, 3.63) is 35.9 Å². The van der Waals surface area contributed by atoms with Gasteiger partial charge in [0.15, 0.2) is 0 Å². The fraction of sp³-hybridized carbons (Fsp3) is 0.684. The zero-order valence-electron chi connectivity index (χ0n) is 13.5. The smallest absolute Gasteiger partial charge is 0.0120 e. The van der Waals surface area contributed by atoms with E-state index in [0.29, 0.717) is 5.92 Å². The number of likely N-dealkylation sites (tertiary alicyclic amines) is 2. The van der Waals surface area contributed by atoms with Crippen molar-refractivity contribution in [1.29, 1.82) is 0 Å². The number of nitrogens with zero attached hydrogens (tertiary/aromatic N) is 2. The molecule has 0 radical (unpaired) electrons. The Kier molecular flexibility index (Phi) is 5.32. The van der Waals surface area contributed by atoms with Crippen LogP contribution in [0.5, 0.6) is 0 Å². The van der Waals surface area contributed by atoms with E-state index in [4.69, 9.17) is 0 Å². The first-order chi connectivity index (χ1) is 10.3. The minimum absolute atomic E-state index is 0.651. The van der Waals surface area contributed by atoms with Gasteiger partial charge < -0.3 is 9.80 Å². The third kappa shape index (κ3) is 4.08. The summed E-state index contributed by atoms with van der Waals surface area (Å²) in [6.07, 6.45) is 7.05. The van der Waals surface area contributed by atoms with Gasteiger partial charge in [0.1, 0.15) is 0 Å². The van der Waals surface area contributed by atoms with Gasteiger partial charge in [-0.2, -0.15) is 0 Å². The van der Waals surface area contributed by atoms with Crippen LogP contribution in [0.4, 0.5) is 0 Å². The van der Waals surface area contributed by atoms with Gasteiger partial charge in [-0.05, 0) is 63.3 Å². The Balaban J connectivity index is 1.45. The first-order valence-corrected chi connectivity index (χ1v) is 8.84. The summed E-state index contributed by atoms with van der Waals surface area (Å²) in [4.78, 5) is 5.44. The van der Waals surface area contributed by atoms with E-state index in [0.717, 1.165) is 6.04 Å². The topological polar surface area (TPSA) is 6.48 Å². The zero-order chi connectivity index (χ0) is 14.5. The minimum Gasteiger partial charge on any atom is -0.303 e. The highest BCUT2D eigenvalue weighted by Gasteiger charge is 2.26. The fourth-order valence-corrected chi connectivity index (χ4v) is 4.02. The molecule has 2 heterocycles. The number of rotatable bonds is 4. The lowest BCUT2D eigenvalue weighted by Gasteiger charge is -2.40. The average Bonchev–Trinajstić information content (AvgIpc) is 2.57. The van der Waals surface area contributed by atoms with Gasteiger partial charge in [-0.15, -0.1) is 0 Å². The number of hydrogen-bond donors (Lipinski definition) is 0. The summed E-state index contributed by atoms with van der Waals surface area (Å²) in [6, 6.07) is 11.8. The van der Waals surface area contributed by atoms with Crippen LogP contribution in [0.25, 0.3) is 0 Å². The Bertz CT molecular complexity index is 403. The van der Waals surface area contributed by atoms with Crippen molar-refractivity contribution >= 4 is 0 Å². The van der Waals surface area contributed by atoms with Gasteiger partial charge in [0, 0.05) is 12.6 Å². The van der Waals surface area contributed by atoms with Crippen molar-refractivity contribution in [2.45, 2.75) is 51.0 Å². The molecule has 2 heteroatoms. The standard InChI is InChI=1S/C19H30N2/c1-17(18-8-4-2-5-9-18)16-20-14-10-19(11-15-20)21-12-6-3-7-13-21/h2,4-5,8-9,17,19H,3,6-7,10-16H2,1H3. The Morgan fingerprint density at radius 2 is 1.62 bits per heavy atom. The van der Waals surface area contributed by atoms with E-state index >= 15 is 0 Å². The highest BCUT2D eigenvalue weighted by Crippen LogP contribution is 2.23.